The maximum absolute atomic E-state index is 3.66. The van der Waals surface area contributed by atoms with Crippen LogP contribution in [0.1, 0.15) is 24.0 Å². The highest BCUT2D eigenvalue weighted by Gasteiger charge is 2.13. The molecule has 2 rings (SSSR count). The van der Waals surface area contributed by atoms with Gasteiger partial charge in [0, 0.05) is 17.5 Å². The van der Waals surface area contributed by atoms with Crippen molar-refractivity contribution in [2.75, 3.05) is 16.8 Å². The standard InChI is InChI=1S/C13H19NS/c1-10-5-6-13(11(2)8-10)14-12-4-3-7-15-9-12/h5-6,8,12,14H,3-4,7,9H2,1-2H3/t12-/m0/s1. The molecule has 1 N–H and O–H groups in total. The summed E-state index contributed by atoms with van der Waals surface area (Å²) in [5, 5.41) is 3.66. The summed E-state index contributed by atoms with van der Waals surface area (Å²) < 4.78 is 0. The van der Waals surface area contributed by atoms with Gasteiger partial charge in [-0.3, -0.25) is 0 Å². The second-order valence-corrected chi connectivity index (χ2v) is 5.53. The van der Waals surface area contributed by atoms with Gasteiger partial charge in [0.25, 0.3) is 0 Å². The van der Waals surface area contributed by atoms with Crippen LogP contribution in [-0.4, -0.2) is 17.5 Å². The molecule has 1 aromatic rings. The van der Waals surface area contributed by atoms with Crippen molar-refractivity contribution in [2.24, 2.45) is 0 Å². The van der Waals surface area contributed by atoms with E-state index in [1.54, 1.807) is 0 Å². The smallest absolute Gasteiger partial charge is 0.0372 e. The van der Waals surface area contributed by atoms with Crippen LogP contribution in [0.15, 0.2) is 18.2 Å². The number of hydrogen-bond donors (Lipinski definition) is 1. The Labute approximate surface area is 96.7 Å². The predicted molar refractivity (Wildman–Crippen MR) is 69.9 cm³/mol. The highest BCUT2D eigenvalue weighted by molar-refractivity contribution is 7.99. The average molecular weight is 221 g/mol. The molecule has 0 aromatic heterocycles. The third-order valence-corrected chi connectivity index (χ3v) is 4.12. The minimum absolute atomic E-state index is 0.671. The summed E-state index contributed by atoms with van der Waals surface area (Å²) in [4.78, 5) is 0. The molecule has 0 bridgehead atoms. The van der Waals surface area contributed by atoms with E-state index in [-0.39, 0.29) is 0 Å². The lowest BCUT2D eigenvalue weighted by molar-refractivity contribution is 0.684. The van der Waals surface area contributed by atoms with Crippen molar-refractivity contribution in [1.29, 1.82) is 0 Å². The van der Waals surface area contributed by atoms with Crippen LogP contribution in [0.4, 0.5) is 5.69 Å². The Bertz CT molecular complexity index is 329. The second-order valence-electron chi connectivity index (χ2n) is 4.38. The minimum Gasteiger partial charge on any atom is -0.381 e. The lowest BCUT2D eigenvalue weighted by Gasteiger charge is -2.24. The van der Waals surface area contributed by atoms with E-state index < -0.39 is 0 Å². The summed E-state index contributed by atoms with van der Waals surface area (Å²) in [6.07, 6.45) is 2.67. The Morgan fingerprint density at radius 2 is 2.20 bits per heavy atom. The molecule has 0 amide bonds. The fraction of sp³-hybridized carbons (Fsp3) is 0.538. The summed E-state index contributed by atoms with van der Waals surface area (Å²) in [7, 11) is 0. The Morgan fingerprint density at radius 1 is 1.33 bits per heavy atom. The van der Waals surface area contributed by atoms with Crippen molar-refractivity contribution in [3.05, 3.63) is 29.3 Å². The zero-order chi connectivity index (χ0) is 10.7. The van der Waals surface area contributed by atoms with Gasteiger partial charge in [-0.25, -0.2) is 0 Å². The van der Waals surface area contributed by atoms with E-state index in [0.717, 1.165) is 0 Å². The number of thioether (sulfide) groups is 1. The largest absolute Gasteiger partial charge is 0.381 e. The zero-order valence-corrected chi connectivity index (χ0v) is 10.4. The number of hydrogen-bond acceptors (Lipinski definition) is 2. The van der Waals surface area contributed by atoms with Gasteiger partial charge in [0.2, 0.25) is 0 Å². The summed E-state index contributed by atoms with van der Waals surface area (Å²) in [5.41, 5.74) is 4.02. The van der Waals surface area contributed by atoms with Crippen molar-refractivity contribution in [2.45, 2.75) is 32.7 Å². The van der Waals surface area contributed by atoms with Crippen molar-refractivity contribution in [3.63, 3.8) is 0 Å². The van der Waals surface area contributed by atoms with Gasteiger partial charge in [-0.15, -0.1) is 0 Å². The molecule has 82 valence electrons. The third-order valence-electron chi connectivity index (χ3n) is 2.90. The molecule has 1 saturated heterocycles. The highest BCUT2D eigenvalue weighted by atomic mass is 32.2. The number of benzene rings is 1. The molecule has 1 aromatic carbocycles. The number of rotatable bonds is 2. The van der Waals surface area contributed by atoms with Crippen molar-refractivity contribution in [1.82, 2.24) is 0 Å². The van der Waals surface area contributed by atoms with E-state index in [2.05, 4.69) is 49.1 Å². The van der Waals surface area contributed by atoms with Gasteiger partial charge < -0.3 is 5.32 Å². The Kier molecular flexibility index (Phi) is 3.57. The first kappa shape index (κ1) is 10.9. The normalized spacial score (nSPS) is 21.3. The monoisotopic (exact) mass is 221 g/mol. The molecule has 1 aliphatic heterocycles. The van der Waals surface area contributed by atoms with Crippen molar-refractivity contribution < 1.29 is 0 Å². The molecule has 1 fully saturated rings. The van der Waals surface area contributed by atoms with Gasteiger partial charge in [-0.05, 0) is 44.1 Å². The van der Waals surface area contributed by atoms with Gasteiger partial charge in [0.15, 0.2) is 0 Å². The number of aryl methyl sites for hydroxylation is 2. The van der Waals surface area contributed by atoms with E-state index in [1.807, 2.05) is 0 Å². The van der Waals surface area contributed by atoms with Crippen LogP contribution >= 0.6 is 11.8 Å². The number of nitrogens with one attached hydrogen (secondary N) is 1. The van der Waals surface area contributed by atoms with Crippen LogP contribution in [-0.2, 0) is 0 Å². The van der Waals surface area contributed by atoms with Gasteiger partial charge in [-0.2, -0.15) is 11.8 Å². The molecular weight excluding hydrogens is 202 g/mol. The molecule has 0 aliphatic carbocycles. The van der Waals surface area contributed by atoms with Crippen molar-refractivity contribution >= 4 is 17.4 Å². The fourth-order valence-electron chi connectivity index (χ4n) is 2.05. The Morgan fingerprint density at radius 3 is 2.87 bits per heavy atom. The topological polar surface area (TPSA) is 12.0 Å². The first-order valence-electron chi connectivity index (χ1n) is 5.67. The molecule has 15 heavy (non-hydrogen) atoms. The van der Waals surface area contributed by atoms with Crippen LogP contribution < -0.4 is 5.32 Å². The van der Waals surface area contributed by atoms with E-state index in [1.165, 1.54) is 41.2 Å². The summed E-state index contributed by atoms with van der Waals surface area (Å²) >= 11 is 2.07. The van der Waals surface area contributed by atoms with Crippen molar-refractivity contribution in [3.8, 4) is 0 Å². The molecule has 0 radical (unpaired) electrons. The van der Waals surface area contributed by atoms with Crippen LogP contribution in [0.5, 0.6) is 0 Å². The molecule has 1 aliphatic rings. The van der Waals surface area contributed by atoms with E-state index in [9.17, 15) is 0 Å². The molecule has 2 heteroatoms. The maximum atomic E-state index is 3.66. The van der Waals surface area contributed by atoms with Crippen LogP contribution in [0.25, 0.3) is 0 Å². The van der Waals surface area contributed by atoms with E-state index in [4.69, 9.17) is 0 Å². The first-order valence-corrected chi connectivity index (χ1v) is 6.83. The molecule has 0 saturated carbocycles. The molecule has 1 atom stereocenters. The van der Waals surface area contributed by atoms with Crippen LogP contribution in [0.3, 0.4) is 0 Å². The lowest BCUT2D eigenvalue weighted by atomic mass is 10.1. The summed E-state index contributed by atoms with van der Waals surface area (Å²) in [5.74, 6) is 2.60. The van der Waals surface area contributed by atoms with E-state index >= 15 is 0 Å². The predicted octanol–water partition coefficient (Wildman–Crippen LogP) is 3.61. The minimum atomic E-state index is 0.671. The molecule has 0 spiro atoms. The molecule has 0 unspecified atom stereocenters. The fourth-order valence-corrected chi connectivity index (χ4v) is 3.12. The molecular formula is C13H19NS. The Hall–Kier alpha value is -0.630. The Balaban J connectivity index is 2.03. The van der Waals surface area contributed by atoms with E-state index in [0.29, 0.717) is 6.04 Å². The zero-order valence-electron chi connectivity index (χ0n) is 9.55. The maximum Gasteiger partial charge on any atom is 0.0372 e. The van der Waals surface area contributed by atoms with Crippen LogP contribution in [0.2, 0.25) is 0 Å². The van der Waals surface area contributed by atoms with Gasteiger partial charge in [0.1, 0.15) is 0 Å². The van der Waals surface area contributed by atoms with Gasteiger partial charge in [0.05, 0.1) is 0 Å². The second kappa shape index (κ2) is 4.93. The van der Waals surface area contributed by atoms with Gasteiger partial charge in [-0.1, -0.05) is 17.7 Å². The number of anilines is 1. The molecule has 1 heterocycles. The lowest BCUT2D eigenvalue weighted by Crippen LogP contribution is -2.26. The molecule has 1 nitrogen and oxygen atoms in total. The van der Waals surface area contributed by atoms with Crippen LogP contribution in [0, 0.1) is 13.8 Å². The summed E-state index contributed by atoms with van der Waals surface area (Å²) in [6.45, 7) is 4.33. The first-order chi connectivity index (χ1) is 7.25. The van der Waals surface area contributed by atoms with Gasteiger partial charge >= 0.3 is 0 Å². The summed E-state index contributed by atoms with van der Waals surface area (Å²) in [6, 6.07) is 7.32. The SMILES string of the molecule is Cc1ccc(N[C@H]2CCCSC2)c(C)c1. The average Bonchev–Trinajstić information content (AvgIpc) is 2.24. The highest BCUT2D eigenvalue weighted by Crippen LogP contribution is 2.23. The quantitative estimate of drug-likeness (QED) is 0.818. The third kappa shape index (κ3) is 2.91.